The van der Waals surface area contributed by atoms with Gasteiger partial charge in [0.25, 0.3) is 0 Å². The van der Waals surface area contributed by atoms with E-state index in [1.807, 2.05) is 47.6 Å². The topological polar surface area (TPSA) is 43.4 Å². The van der Waals surface area contributed by atoms with Crippen molar-refractivity contribution in [3.63, 3.8) is 0 Å². The Labute approximate surface area is 119 Å². The summed E-state index contributed by atoms with van der Waals surface area (Å²) in [6.45, 7) is 11.9. The number of furan rings is 1. The molecule has 3 nitrogen and oxygen atoms in total. The molecular weight excluding hydrogens is 252 g/mol. The van der Waals surface area contributed by atoms with Gasteiger partial charge in [-0.25, -0.2) is 4.79 Å². The lowest BCUT2D eigenvalue weighted by molar-refractivity contribution is 0.556. The first kappa shape index (κ1) is 16.0. The maximum atomic E-state index is 11.2. The van der Waals surface area contributed by atoms with E-state index in [9.17, 15) is 4.79 Å². The lowest BCUT2D eigenvalue weighted by atomic mass is 10.0. The van der Waals surface area contributed by atoms with Crippen molar-refractivity contribution in [2.24, 2.45) is 0 Å². The van der Waals surface area contributed by atoms with Crippen LogP contribution in [0.2, 0.25) is 0 Å². The molecule has 0 N–H and O–H groups in total. The molecule has 0 atom stereocenters. The molecule has 0 radical (unpaired) electrons. The molecule has 0 aliphatic carbocycles. The van der Waals surface area contributed by atoms with Gasteiger partial charge in [-0.3, -0.25) is 0 Å². The standard InChI is InChI=1S/C13H10O3.2C2H6/c1-7-9-3-4-11(14)16-13(9)8(2)12-10(7)5-6-15-12;2*1-2/h3-6H,1-2H3;2*1-2H3. The lowest BCUT2D eigenvalue weighted by Crippen LogP contribution is -1.97. The second-order valence-corrected chi connectivity index (χ2v) is 3.91. The van der Waals surface area contributed by atoms with Crippen molar-refractivity contribution >= 4 is 21.9 Å². The Bertz CT molecular complexity index is 748. The van der Waals surface area contributed by atoms with Crippen LogP contribution in [0.25, 0.3) is 21.9 Å². The molecule has 0 spiro atoms. The van der Waals surface area contributed by atoms with E-state index in [-0.39, 0.29) is 5.63 Å². The van der Waals surface area contributed by atoms with Crippen LogP contribution in [0.3, 0.4) is 0 Å². The fraction of sp³-hybridized carbons (Fsp3) is 0.353. The third kappa shape index (κ3) is 2.62. The zero-order valence-corrected chi connectivity index (χ0v) is 13.0. The molecule has 0 unspecified atom stereocenters. The van der Waals surface area contributed by atoms with Crippen LogP contribution in [0.15, 0.2) is 38.1 Å². The Hall–Kier alpha value is -2.03. The molecule has 0 amide bonds. The molecule has 3 rings (SSSR count). The molecular formula is C17H22O3. The van der Waals surface area contributed by atoms with Gasteiger partial charge in [0.15, 0.2) is 0 Å². The van der Waals surface area contributed by atoms with Crippen molar-refractivity contribution in [1.82, 2.24) is 0 Å². The van der Waals surface area contributed by atoms with Gasteiger partial charge in [0.2, 0.25) is 0 Å². The second-order valence-electron chi connectivity index (χ2n) is 3.91. The van der Waals surface area contributed by atoms with Crippen molar-refractivity contribution in [3.8, 4) is 0 Å². The summed E-state index contributed by atoms with van der Waals surface area (Å²) < 4.78 is 10.7. The van der Waals surface area contributed by atoms with Gasteiger partial charge in [-0.1, -0.05) is 27.7 Å². The number of hydrogen-bond donors (Lipinski definition) is 0. The molecule has 108 valence electrons. The van der Waals surface area contributed by atoms with Crippen molar-refractivity contribution in [2.45, 2.75) is 41.5 Å². The third-order valence-electron chi connectivity index (χ3n) is 2.99. The van der Waals surface area contributed by atoms with Crippen LogP contribution in [-0.2, 0) is 0 Å². The molecule has 0 fully saturated rings. The summed E-state index contributed by atoms with van der Waals surface area (Å²) >= 11 is 0. The van der Waals surface area contributed by atoms with Crippen LogP contribution in [0.5, 0.6) is 0 Å². The van der Waals surface area contributed by atoms with E-state index < -0.39 is 0 Å². The van der Waals surface area contributed by atoms with Crippen molar-refractivity contribution in [2.75, 3.05) is 0 Å². The van der Waals surface area contributed by atoms with Gasteiger partial charge in [0, 0.05) is 22.4 Å². The zero-order chi connectivity index (χ0) is 15.3. The number of hydrogen-bond acceptors (Lipinski definition) is 3. The normalized spacial score (nSPS) is 9.70. The minimum absolute atomic E-state index is 0.332. The fourth-order valence-electron chi connectivity index (χ4n) is 2.13. The Morgan fingerprint density at radius 2 is 1.40 bits per heavy atom. The van der Waals surface area contributed by atoms with E-state index in [1.54, 1.807) is 12.3 Å². The van der Waals surface area contributed by atoms with Gasteiger partial charge in [-0.15, -0.1) is 0 Å². The molecule has 20 heavy (non-hydrogen) atoms. The maximum Gasteiger partial charge on any atom is 0.336 e. The average molecular weight is 274 g/mol. The van der Waals surface area contributed by atoms with E-state index in [1.165, 1.54) is 6.07 Å². The first-order chi connectivity index (χ1) is 9.68. The summed E-state index contributed by atoms with van der Waals surface area (Å²) in [5.41, 5.74) is 3.03. The molecule has 0 saturated carbocycles. The van der Waals surface area contributed by atoms with Crippen LogP contribution < -0.4 is 5.63 Å². The molecule has 0 bridgehead atoms. The summed E-state index contributed by atoms with van der Waals surface area (Å²) in [6, 6.07) is 5.18. The molecule has 0 saturated heterocycles. The molecule has 2 aromatic heterocycles. The lowest BCUT2D eigenvalue weighted by Gasteiger charge is -2.05. The van der Waals surface area contributed by atoms with E-state index in [2.05, 4.69) is 0 Å². The van der Waals surface area contributed by atoms with Gasteiger partial charge < -0.3 is 8.83 Å². The third-order valence-corrected chi connectivity index (χ3v) is 2.99. The second kappa shape index (κ2) is 6.94. The summed E-state index contributed by atoms with van der Waals surface area (Å²) in [7, 11) is 0. The molecule has 1 aromatic carbocycles. The number of aryl methyl sites for hydroxylation is 2. The highest BCUT2D eigenvalue weighted by Gasteiger charge is 2.12. The van der Waals surface area contributed by atoms with Gasteiger partial charge >= 0.3 is 5.63 Å². The number of fused-ring (bicyclic) bond motifs is 2. The van der Waals surface area contributed by atoms with Crippen LogP contribution >= 0.6 is 0 Å². The minimum atomic E-state index is -0.332. The molecule has 0 aliphatic heterocycles. The van der Waals surface area contributed by atoms with Crippen molar-refractivity contribution in [3.05, 3.63) is 46.0 Å². The predicted molar refractivity (Wildman–Crippen MR) is 84.4 cm³/mol. The Morgan fingerprint density at radius 1 is 0.800 bits per heavy atom. The smallest absolute Gasteiger partial charge is 0.336 e. The van der Waals surface area contributed by atoms with Gasteiger partial charge in [-0.2, -0.15) is 0 Å². The fourth-order valence-corrected chi connectivity index (χ4v) is 2.13. The van der Waals surface area contributed by atoms with Gasteiger partial charge in [-0.05, 0) is 31.5 Å². The summed E-state index contributed by atoms with van der Waals surface area (Å²) in [5, 5.41) is 2.03. The SMILES string of the molecule is CC.CC.Cc1c2ccoc2c(C)c2oc(=O)ccc12. The van der Waals surface area contributed by atoms with E-state index in [0.29, 0.717) is 5.58 Å². The van der Waals surface area contributed by atoms with Crippen molar-refractivity contribution in [1.29, 1.82) is 0 Å². The minimum Gasteiger partial charge on any atom is -0.464 e. The first-order valence-corrected chi connectivity index (χ1v) is 7.08. The van der Waals surface area contributed by atoms with Crippen LogP contribution in [0.4, 0.5) is 0 Å². The Morgan fingerprint density at radius 3 is 2.05 bits per heavy atom. The highest BCUT2D eigenvalue weighted by molar-refractivity contribution is 6.00. The van der Waals surface area contributed by atoms with Gasteiger partial charge in [0.1, 0.15) is 11.2 Å². The van der Waals surface area contributed by atoms with Crippen molar-refractivity contribution < 1.29 is 8.83 Å². The van der Waals surface area contributed by atoms with Crippen LogP contribution in [0.1, 0.15) is 38.8 Å². The van der Waals surface area contributed by atoms with Crippen LogP contribution in [-0.4, -0.2) is 0 Å². The summed E-state index contributed by atoms with van der Waals surface area (Å²) in [4.78, 5) is 11.2. The van der Waals surface area contributed by atoms with E-state index in [4.69, 9.17) is 8.83 Å². The largest absolute Gasteiger partial charge is 0.464 e. The molecule has 3 heteroatoms. The summed E-state index contributed by atoms with van der Waals surface area (Å²) in [5.74, 6) is 0. The van der Waals surface area contributed by atoms with Crippen LogP contribution in [0, 0.1) is 13.8 Å². The van der Waals surface area contributed by atoms with E-state index >= 15 is 0 Å². The number of rotatable bonds is 0. The highest BCUT2D eigenvalue weighted by atomic mass is 16.4. The predicted octanol–water partition coefficient (Wildman–Crippen LogP) is 5.21. The summed E-state index contributed by atoms with van der Waals surface area (Å²) in [6.07, 6.45) is 1.65. The number of benzene rings is 1. The van der Waals surface area contributed by atoms with E-state index in [0.717, 1.165) is 27.5 Å². The Balaban J connectivity index is 0.000000461. The average Bonchev–Trinajstić information content (AvgIpc) is 2.99. The van der Waals surface area contributed by atoms with Gasteiger partial charge in [0.05, 0.1) is 6.26 Å². The zero-order valence-electron chi connectivity index (χ0n) is 13.0. The maximum absolute atomic E-state index is 11.2. The molecule has 2 heterocycles. The quantitative estimate of drug-likeness (QED) is 0.528. The Kier molecular flexibility index (Phi) is 5.56. The molecule has 3 aromatic rings. The highest BCUT2D eigenvalue weighted by Crippen LogP contribution is 2.31. The monoisotopic (exact) mass is 274 g/mol. The molecule has 0 aliphatic rings. The first-order valence-electron chi connectivity index (χ1n) is 7.08.